The zero-order chi connectivity index (χ0) is 8.43. The van der Waals surface area contributed by atoms with Crippen LogP contribution in [0.25, 0.3) is 0 Å². The first-order chi connectivity index (χ1) is 5.15. The highest BCUT2D eigenvalue weighted by Gasteiger charge is 2.34. The molecule has 0 bridgehead atoms. The van der Waals surface area contributed by atoms with E-state index in [0.29, 0.717) is 0 Å². The number of carboxylic acid groups (broad SMARTS) is 1. The summed E-state index contributed by atoms with van der Waals surface area (Å²) in [5.74, 6) is 0. The van der Waals surface area contributed by atoms with Gasteiger partial charge in [0.15, 0.2) is 0 Å². The highest BCUT2D eigenvalue weighted by molar-refractivity contribution is 5.65. The molecule has 0 saturated carbocycles. The van der Waals surface area contributed by atoms with Gasteiger partial charge in [-0.1, -0.05) is 0 Å². The summed E-state index contributed by atoms with van der Waals surface area (Å²) in [5.41, 5.74) is 0. The third kappa shape index (κ3) is 1.59. The van der Waals surface area contributed by atoms with Gasteiger partial charge in [0.2, 0.25) is 0 Å². The van der Waals surface area contributed by atoms with Gasteiger partial charge in [0.05, 0.1) is 12.6 Å². The predicted octanol–water partition coefficient (Wildman–Crippen LogP) is -0.0939. The smallest absolute Gasteiger partial charge is 0.407 e. The van der Waals surface area contributed by atoms with Gasteiger partial charge in [-0.25, -0.2) is 9.18 Å². The molecule has 1 amide bonds. The molecule has 0 aromatic carbocycles. The Bertz CT molecular complexity index is 165. The maximum Gasteiger partial charge on any atom is 0.407 e. The topological polar surface area (TPSA) is 52.6 Å². The van der Waals surface area contributed by atoms with E-state index in [1.54, 1.807) is 7.05 Å². The molecule has 1 rings (SSSR count). The molecule has 0 radical (unpaired) electrons. The van der Waals surface area contributed by atoms with E-state index in [9.17, 15) is 9.18 Å². The Morgan fingerprint density at radius 1 is 1.73 bits per heavy atom. The van der Waals surface area contributed by atoms with Crippen LogP contribution in [0.4, 0.5) is 9.18 Å². The van der Waals surface area contributed by atoms with Crippen molar-refractivity contribution in [2.24, 2.45) is 0 Å². The number of alkyl halides is 1. The molecule has 64 valence electrons. The number of carbonyl (C=O) groups is 1. The van der Waals surface area contributed by atoms with E-state index in [4.69, 9.17) is 5.11 Å². The second-order valence-electron chi connectivity index (χ2n) is 2.60. The zero-order valence-electron chi connectivity index (χ0n) is 6.25. The Morgan fingerprint density at radius 2 is 2.36 bits per heavy atom. The summed E-state index contributed by atoms with van der Waals surface area (Å²) in [4.78, 5) is 11.4. The van der Waals surface area contributed by atoms with Gasteiger partial charge >= 0.3 is 6.09 Å². The molecule has 1 aliphatic heterocycles. The lowest BCUT2D eigenvalue weighted by Gasteiger charge is -2.10. The predicted molar refractivity (Wildman–Crippen MR) is 37.3 cm³/mol. The van der Waals surface area contributed by atoms with E-state index in [1.165, 1.54) is 0 Å². The first kappa shape index (κ1) is 8.26. The maximum absolute atomic E-state index is 12.8. The number of nitrogens with zero attached hydrogens (tertiary/aromatic N) is 1. The van der Waals surface area contributed by atoms with Crippen LogP contribution in [-0.4, -0.2) is 48.5 Å². The number of amides is 1. The summed E-state index contributed by atoms with van der Waals surface area (Å²) in [6.07, 6.45) is -2.12. The van der Waals surface area contributed by atoms with Crippen LogP contribution < -0.4 is 5.32 Å². The van der Waals surface area contributed by atoms with E-state index < -0.39 is 12.3 Å². The van der Waals surface area contributed by atoms with Crippen molar-refractivity contribution in [1.82, 2.24) is 10.2 Å². The molecule has 0 aromatic heterocycles. The van der Waals surface area contributed by atoms with Crippen LogP contribution in [0.1, 0.15) is 0 Å². The fourth-order valence-electron chi connectivity index (χ4n) is 1.19. The van der Waals surface area contributed by atoms with Crippen molar-refractivity contribution in [1.29, 1.82) is 0 Å². The van der Waals surface area contributed by atoms with Crippen LogP contribution in [0.3, 0.4) is 0 Å². The lowest BCUT2D eigenvalue weighted by Crippen LogP contribution is -2.34. The molecule has 0 spiro atoms. The Balaban J connectivity index is 2.49. The van der Waals surface area contributed by atoms with Crippen LogP contribution in [-0.2, 0) is 0 Å². The minimum absolute atomic E-state index is 0.0131. The van der Waals surface area contributed by atoms with E-state index in [2.05, 4.69) is 5.32 Å². The van der Waals surface area contributed by atoms with Crippen LogP contribution >= 0.6 is 0 Å². The van der Waals surface area contributed by atoms with Gasteiger partial charge in [-0.2, -0.15) is 0 Å². The van der Waals surface area contributed by atoms with Crippen molar-refractivity contribution in [2.45, 2.75) is 12.2 Å². The second-order valence-corrected chi connectivity index (χ2v) is 2.60. The SMILES string of the molecule is CN[C@H]1CN(C(=O)O)C[C@@H]1F. The highest BCUT2D eigenvalue weighted by atomic mass is 19.1. The molecule has 4 nitrogen and oxygen atoms in total. The zero-order valence-corrected chi connectivity index (χ0v) is 6.25. The van der Waals surface area contributed by atoms with Crippen molar-refractivity contribution in [3.8, 4) is 0 Å². The molecule has 2 atom stereocenters. The molecule has 1 fully saturated rings. The second kappa shape index (κ2) is 3.04. The number of halogens is 1. The average Bonchev–Trinajstić information content (AvgIpc) is 2.31. The lowest BCUT2D eigenvalue weighted by atomic mass is 10.2. The molecule has 2 N–H and O–H groups in total. The molecular formula is C6H11FN2O2. The standard InChI is InChI=1S/C6H11FN2O2/c1-8-5-3-9(6(10)11)2-4(5)7/h4-5,8H,2-3H2,1H3,(H,10,11)/t4-,5-/m0/s1. The summed E-state index contributed by atoms with van der Waals surface area (Å²) >= 11 is 0. The van der Waals surface area contributed by atoms with Gasteiger partial charge < -0.3 is 15.3 Å². The summed E-state index contributed by atoms with van der Waals surface area (Å²) in [6, 6.07) is -0.342. The maximum atomic E-state index is 12.8. The van der Waals surface area contributed by atoms with Gasteiger partial charge in [0.1, 0.15) is 6.17 Å². The van der Waals surface area contributed by atoms with E-state index in [-0.39, 0.29) is 19.1 Å². The van der Waals surface area contributed by atoms with Crippen LogP contribution in [0.2, 0.25) is 0 Å². The van der Waals surface area contributed by atoms with Gasteiger partial charge in [-0.15, -0.1) is 0 Å². The van der Waals surface area contributed by atoms with Crippen LogP contribution in [0.5, 0.6) is 0 Å². The summed E-state index contributed by atoms with van der Waals surface area (Å²) in [5, 5.41) is 11.2. The molecule has 0 aromatic rings. The monoisotopic (exact) mass is 162 g/mol. The first-order valence-corrected chi connectivity index (χ1v) is 3.44. The number of likely N-dealkylation sites (tertiary alicyclic amines) is 1. The van der Waals surface area contributed by atoms with Gasteiger partial charge in [0.25, 0.3) is 0 Å². The molecule has 1 saturated heterocycles. The average molecular weight is 162 g/mol. The molecule has 0 unspecified atom stereocenters. The summed E-state index contributed by atoms with van der Waals surface area (Å²) < 4.78 is 12.8. The lowest BCUT2D eigenvalue weighted by molar-refractivity contribution is 0.152. The quantitative estimate of drug-likeness (QED) is 0.566. The third-order valence-corrected chi connectivity index (χ3v) is 1.89. The first-order valence-electron chi connectivity index (χ1n) is 3.44. The molecule has 5 heteroatoms. The number of likely N-dealkylation sites (N-methyl/N-ethyl adjacent to an activating group) is 1. The van der Waals surface area contributed by atoms with Crippen molar-refractivity contribution >= 4 is 6.09 Å². The fourth-order valence-corrected chi connectivity index (χ4v) is 1.19. The number of hydrogen-bond acceptors (Lipinski definition) is 2. The van der Waals surface area contributed by atoms with Crippen molar-refractivity contribution in [3.05, 3.63) is 0 Å². The Morgan fingerprint density at radius 3 is 2.64 bits per heavy atom. The minimum atomic E-state index is -1.07. The van der Waals surface area contributed by atoms with Gasteiger partial charge in [-0.3, -0.25) is 0 Å². The molecule has 1 aliphatic rings. The largest absolute Gasteiger partial charge is 0.465 e. The van der Waals surface area contributed by atoms with Crippen LogP contribution in [0.15, 0.2) is 0 Å². The van der Waals surface area contributed by atoms with Crippen LogP contribution in [0, 0.1) is 0 Å². The number of hydrogen-bond donors (Lipinski definition) is 2. The molecular weight excluding hydrogens is 151 g/mol. The fraction of sp³-hybridized carbons (Fsp3) is 0.833. The highest BCUT2D eigenvalue weighted by Crippen LogP contribution is 2.12. The van der Waals surface area contributed by atoms with Gasteiger partial charge in [-0.05, 0) is 7.05 Å². The minimum Gasteiger partial charge on any atom is -0.465 e. The summed E-state index contributed by atoms with van der Waals surface area (Å²) in [7, 11) is 1.63. The Labute approximate surface area is 64.0 Å². The Kier molecular flexibility index (Phi) is 2.28. The number of nitrogens with one attached hydrogen (secondary N) is 1. The van der Waals surface area contributed by atoms with E-state index >= 15 is 0 Å². The van der Waals surface area contributed by atoms with E-state index in [1.807, 2.05) is 0 Å². The van der Waals surface area contributed by atoms with Crippen molar-refractivity contribution < 1.29 is 14.3 Å². The van der Waals surface area contributed by atoms with Crippen molar-refractivity contribution in [2.75, 3.05) is 20.1 Å². The molecule has 0 aliphatic carbocycles. The third-order valence-electron chi connectivity index (χ3n) is 1.89. The Hall–Kier alpha value is -0.840. The molecule has 1 heterocycles. The number of rotatable bonds is 1. The van der Waals surface area contributed by atoms with Crippen molar-refractivity contribution in [3.63, 3.8) is 0 Å². The van der Waals surface area contributed by atoms with Gasteiger partial charge in [0, 0.05) is 6.54 Å². The normalized spacial score (nSPS) is 30.9. The molecule has 11 heavy (non-hydrogen) atoms. The van der Waals surface area contributed by atoms with E-state index in [0.717, 1.165) is 4.90 Å². The summed E-state index contributed by atoms with van der Waals surface area (Å²) in [6.45, 7) is 0.230.